The van der Waals surface area contributed by atoms with Crippen LogP contribution in [0.4, 0.5) is 5.13 Å². The van der Waals surface area contributed by atoms with Crippen LogP contribution in [0.3, 0.4) is 0 Å². The van der Waals surface area contributed by atoms with E-state index >= 15 is 0 Å². The lowest BCUT2D eigenvalue weighted by Gasteiger charge is -2.34. The van der Waals surface area contributed by atoms with Crippen LogP contribution in [-0.4, -0.2) is 51.3 Å². The molecule has 0 unspecified atom stereocenters. The SMILES string of the molecule is COC(=O)c1nc(NC(=O)C2(n3cnnn3)CCCCC2)sc1-c1ccc(OC)cc1. The summed E-state index contributed by atoms with van der Waals surface area (Å²) in [4.78, 5) is 30.7. The van der Waals surface area contributed by atoms with Gasteiger partial charge in [0.15, 0.2) is 10.8 Å². The molecule has 0 atom stereocenters. The lowest BCUT2D eigenvalue weighted by atomic mass is 9.81. The molecular weight excluding hydrogens is 420 g/mol. The number of ether oxygens (including phenoxy) is 2. The van der Waals surface area contributed by atoms with Gasteiger partial charge in [-0.2, -0.15) is 0 Å². The van der Waals surface area contributed by atoms with Gasteiger partial charge in [0.2, 0.25) is 0 Å². The third-order valence-corrected chi connectivity index (χ3v) is 6.49. The highest BCUT2D eigenvalue weighted by Gasteiger charge is 2.43. The average Bonchev–Trinajstić information content (AvgIpc) is 3.50. The van der Waals surface area contributed by atoms with E-state index in [9.17, 15) is 9.59 Å². The van der Waals surface area contributed by atoms with Gasteiger partial charge in [-0.25, -0.2) is 14.5 Å². The third-order valence-electron chi connectivity index (χ3n) is 5.47. The van der Waals surface area contributed by atoms with Gasteiger partial charge in [0.25, 0.3) is 5.91 Å². The van der Waals surface area contributed by atoms with Crippen LogP contribution in [0.2, 0.25) is 0 Å². The molecule has 1 fully saturated rings. The number of tetrazole rings is 1. The van der Waals surface area contributed by atoms with Crippen LogP contribution in [0, 0.1) is 0 Å². The summed E-state index contributed by atoms with van der Waals surface area (Å²) in [5.41, 5.74) is 0.0409. The van der Waals surface area contributed by atoms with Crippen molar-refractivity contribution in [2.45, 2.75) is 37.6 Å². The molecule has 1 saturated carbocycles. The highest BCUT2D eigenvalue weighted by atomic mass is 32.1. The second kappa shape index (κ2) is 8.80. The zero-order valence-electron chi connectivity index (χ0n) is 17.2. The number of hydrogen-bond donors (Lipinski definition) is 1. The van der Waals surface area contributed by atoms with Gasteiger partial charge in [0.1, 0.15) is 17.6 Å². The Kier molecular flexibility index (Phi) is 5.94. The normalized spacial score (nSPS) is 15.3. The minimum atomic E-state index is -0.876. The number of anilines is 1. The molecule has 1 N–H and O–H groups in total. The lowest BCUT2D eigenvalue weighted by Crippen LogP contribution is -2.47. The van der Waals surface area contributed by atoms with E-state index in [1.54, 1.807) is 19.2 Å². The molecule has 1 aliphatic carbocycles. The second-order valence-electron chi connectivity index (χ2n) is 7.22. The highest BCUT2D eigenvalue weighted by molar-refractivity contribution is 7.19. The molecule has 1 aliphatic rings. The van der Waals surface area contributed by atoms with E-state index in [-0.39, 0.29) is 11.6 Å². The molecule has 0 saturated heterocycles. The predicted molar refractivity (Wildman–Crippen MR) is 113 cm³/mol. The fourth-order valence-electron chi connectivity index (χ4n) is 3.81. The fraction of sp³-hybridized carbons (Fsp3) is 0.400. The number of nitrogens with one attached hydrogen (secondary N) is 1. The molecule has 3 aromatic rings. The zero-order chi connectivity index (χ0) is 21.8. The molecule has 10 nitrogen and oxygen atoms in total. The molecular formula is C20H22N6O4S. The third kappa shape index (κ3) is 4.00. The predicted octanol–water partition coefficient (Wildman–Crippen LogP) is 2.89. The summed E-state index contributed by atoms with van der Waals surface area (Å²) in [5, 5.41) is 14.6. The molecule has 2 heterocycles. The van der Waals surface area contributed by atoms with Gasteiger partial charge in [-0.3, -0.25) is 10.1 Å². The van der Waals surface area contributed by atoms with Crippen molar-refractivity contribution >= 4 is 28.3 Å². The molecule has 0 spiro atoms. The Morgan fingerprint density at radius 1 is 1.13 bits per heavy atom. The van der Waals surface area contributed by atoms with Crippen LogP contribution in [0.1, 0.15) is 42.6 Å². The minimum absolute atomic E-state index is 0.146. The summed E-state index contributed by atoms with van der Waals surface area (Å²) in [7, 11) is 2.88. The molecule has 162 valence electrons. The Bertz CT molecular complexity index is 1060. The number of aromatic nitrogens is 5. The van der Waals surface area contributed by atoms with E-state index in [0.717, 1.165) is 24.8 Å². The van der Waals surface area contributed by atoms with Crippen LogP contribution in [0.5, 0.6) is 5.75 Å². The van der Waals surface area contributed by atoms with Crippen molar-refractivity contribution in [3.63, 3.8) is 0 Å². The molecule has 1 amide bonds. The number of nitrogens with zero attached hydrogens (tertiary/aromatic N) is 5. The number of thiazole rings is 1. The van der Waals surface area contributed by atoms with Crippen molar-refractivity contribution in [2.75, 3.05) is 19.5 Å². The maximum atomic E-state index is 13.4. The van der Waals surface area contributed by atoms with Gasteiger partial charge in [0.05, 0.1) is 19.1 Å². The Morgan fingerprint density at radius 2 is 1.87 bits per heavy atom. The van der Waals surface area contributed by atoms with Gasteiger partial charge in [-0.15, -0.1) is 5.10 Å². The van der Waals surface area contributed by atoms with Crippen molar-refractivity contribution in [2.24, 2.45) is 0 Å². The van der Waals surface area contributed by atoms with Crippen molar-refractivity contribution < 1.29 is 19.1 Å². The van der Waals surface area contributed by atoms with Gasteiger partial charge in [-0.1, -0.05) is 30.6 Å². The summed E-state index contributed by atoms with van der Waals surface area (Å²) in [6.07, 6.45) is 5.58. The van der Waals surface area contributed by atoms with Crippen molar-refractivity contribution in [1.82, 2.24) is 25.2 Å². The molecule has 1 aromatic carbocycles. The maximum absolute atomic E-state index is 13.4. The molecule has 2 aromatic heterocycles. The fourth-order valence-corrected chi connectivity index (χ4v) is 4.77. The van der Waals surface area contributed by atoms with Crippen molar-refractivity contribution in [3.05, 3.63) is 36.3 Å². The second-order valence-corrected chi connectivity index (χ2v) is 8.22. The van der Waals surface area contributed by atoms with E-state index in [1.807, 2.05) is 12.1 Å². The topological polar surface area (TPSA) is 121 Å². The van der Waals surface area contributed by atoms with Gasteiger partial charge >= 0.3 is 5.97 Å². The highest BCUT2D eigenvalue weighted by Crippen LogP contribution is 2.38. The summed E-state index contributed by atoms with van der Waals surface area (Å²) in [5.74, 6) is -0.122. The smallest absolute Gasteiger partial charge is 0.358 e. The average molecular weight is 443 g/mol. The Morgan fingerprint density at radius 3 is 2.48 bits per heavy atom. The number of carbonyl (C=O) groups is 2. The zero-order valence-corrected chi connectivity index (χ0v) is 18.0. The van der Waals surface area contributed by atoms with Gasteiger partial charge < -0.3 is 9.47 Å². The van der Waals surface area contributed by atoms with Crippen LogP contribution in [0.15, 0.2) is 30.6 Å². The summed E-state index contributed by atoms with van der Waals surface area (Å²) in [6.45, 7) is 0. The number of amides is 1. The molecule has 0 radical (unpaired) electrons. The minimum Gasteiger partial charge on any atom is -0.497 e. The molecule has 0 bridgehead atoms. The van der Waals surface area contributed by atoms with Gasteiger partial charge in [0, 0.05) is 0 Å². The monoisotopic (exact) mass is 442 g/mol. The van der Waals surface area contributed by atoms with E-state index in [1.165, 1.54) is 29.5 Å². The maximum Gasteiger partial charge on any atom is 0.358 e. The molecule has 4 rings (SSSR count). The quantitative estimate of drug-likeness (QED) is 0.579. The molecule has 11 heteroatoms. The van der Waals surface area contributed by atoms with Crippen molar-refractivity contribution in [3.8, 4) is 16.2 Å². The molecule has 0 aliphatic heterocycles. The molecule has 31 heavy (non-hydrogen) atoms. The van der Waals surface area contributed by atoms with Crippen LogP contribution < -0.4 is 10.1 Å². The number of rotatable bonds is 6. The summed E-state index contributed by atoms with van der Waals surface area (Å²) in [6, 6.07) is 7.24. The van der Waals surface area contributed by atoms with E-state index < -0.39 is 11.5 Å². The summed E-state index contributed by atoms with van der Waals surface area (Å²) >= 11 is 1.21. The van der Waals surface area contributed by atoms with Crippen LogP contribution in [0.25, 0.3) is 10.4 Å². The summed E-state index contributed by atoms with van der Waals surface area (Å²) < 4.78 is 11.6. The Hall–Kier alpha value is -3.34. The first-order valence-electron chi connectivity index (χ1n) is 9.86. The van der Waals surface area contributed by atoms with Crippen LogP contribution in [-0.2, 0) is 15.1 Å². The van der Waals surface area contributed by atoms with Crippen LogP contribution >= 0.6 is 11.3 Å². The standard InChI is InChI=1S/C20H22N6O4S/c1-29-14-8-6-13(7-9-14)16-15(17(27)30-2)22-19(31-16)23-18(28)20(10-4-3-5-11-20)26-12-21-24-25-26/h6-9,12H,3-5,10-11H2,1-2H3,(H,22,23,28). The van der Waals surface area contributed by atoms with E-state index in [0.29, 0.717) is 28.6 Å². The van der Waals surface area contributed by atoms with E-state index in [2.05, 4.69) is 25.8 Å². The number of methoxy groups -OCH3 is 2. The number of carbonyl (C=O) groups excluding carboxylic acids is 2. The number of esters is 1. The number of benzene rings is 1. The lowest BCUT2D eigenvalue weighted by molar-refractivity contribution is -0.126. The number of hydrogen-bond acceptors (Lipinski definition) is 9. The Labute approximate surface area is 182 Å². The van der Waals surface area contributed by atoms with E-state index in [4.69, 9.17) is 9.47 Å². The largest absolute Gasteiger partial charge is 0.497 e. The first kappa shape index (κ1) is 20.9. The Balaban J connectivity index is 1.67. The van der Waals surface area contributed by atoms with Crippen molar-refractivity contribution in [1.29, 1.82) is 0 Å². The van der Waals surface area contributed by atoms with Gasteiger partial charge in [-0.05, 0) is 53.1 Å². The first-order chi connectivity index (χ1) is 15.1. The first-order valence-corrected chi connectivity index (χ1v) is 10.7.